The van der Waals surface area contributed by atoms with Gasteiger partial charge in [0, 0.05) is 12.5 Å². The summed E-state index contributed by atoms with van der Waals surface area (Å²) in [4.78, 5) is 4.18. The van der Waals surface area contributed by atoms with Gasteiger partial charge in [-0.2, -0.15) is 5.10 Å². The lowest BCUT2D eigenvalue weighted by molar-refractivity contribution is -0.192. The molecule has 0 saturated carbocycles. The van der Waals surface area contributed by atoms with Gasteiger partial charge in [-0.3, -0.25) is 5.10 Å². The molecule has 0 unspecified atom stereocenters. The van der Waals surface area contributed by atoms with Crippen LogP contribution >= 0.6 is 0 Å². The van der Waals surface area contributed by atoms with Crippen molar-refractivity contribution < 1.29 is 18.6 Å². The number of hydrogen-bond donors (Lipinski definition) is 1. The number of aromatic nitrogens is 3. The largest absolute Gasteiger partial charge is 0.455 e. The number of H-pyrrole nitrogens is 1. The summed E-state index contributed by atoms with van der Waals surface area (Å²) in [6.45, 7) is 0.886. The molecule has 2 atom stereocenters. The smallest absolute Gasteiger partial charge is 0.236 e. The lowest BCUT2D eigenvalue weighted by Crippen LogP contribution is -2.31. The zero-order valence-corrected chi connectivity index (χ0v) is 12.7. The standard InChI is InChI=1S/C16H17N3O4/c1-20-8-12-9-21-16(23-12,7-15-17-10-18-19-15)14-6-11-4-2-3-5-13(11)22-14/h2-6,10,12H,7-9H2,1H3,(H,17,18,19)/t12-,16-/m0/s1. The van der Waals surface area contributed by atoms with Crippen LogP contribution in [-0.2, 0) is 26.4 Å². The molecule has 120 valence electrons. The van der Waals surface area contributed by atoms with Crippen molar-refractivity contribution in [3.8, 4) is 0 Å². The maximum absolute atomic E-state index is 6.15. The highest BCUT2D eigenvalue weighted by atomic mass is 16.8. The minimum Gasteiger partial charge on any atom is -0.455 e. The van der Waals surface area contributed by atoms with Crippen molar-refractivity contribution in [2.45, 2.75) is 18.3 Å². The van der Waals surface area contributed by atoms with Crippen molar-refractivity contribution in [2.75, 3.05) is 20.3 Å². The van der Waals surface area contributed by atoms with Crippen LogP contribution in [0.3, 0.4) is 0 Å². The van der Waals surface area contributed by atoms with Crippen LogP contribution in [0, 0.1) is 0 Å². The van der Waals surface area contributed by atoms with E-state index in [2.05, 4.69) is 15.2 Å². The molecule has 0 bridgehead atoms. The van der Waals surface area contributed by atoms with Gasteiger partial charge in [-0.1, -0.05) is 18.2 Å². The highest BCUT2D eigenvalue weighted by molar-refractivity contribution is 5.77. The molecule has 1 aliphatic rings. The lowest BCUT2D eigenvalue weighted by atomic mass is 10.1. The van der Waals surface area contributed by atoms with Crippen LogP contribution in [0.2, 0.25) is 0 Å². The summed E-state index contributed by atoms with van der Waals surface area (Å²) in [5, 5.41) is 7.73. The van der Waals surface area contributed by atoms with E-state index in [0.717, 1.165) is 11.0 Å². The van der Waals surface area contributed by atoms with Crippen molar-refractivity contribution in [1.82, 2.24) is 15.2 Å². The molecule has 0 aliphatic carbocycles. The number of ether oxygens (including phenoxy) is 3. The van der Waals surface area contributed by atoms with Crippen LogP contribution in [-0.4, -0.2) is 41.6 Å². The molecular formula is C16H17N3O4. The Labute approximate surface area is 132 Å². The SMILES string of the molecule is COC[C@H]1CO[C@](Cc2ncn[nH]2)(c2cc3ccccc3o2)O1. The van der Waals surface area contributed by atoms with Crippen molar-refractivity contribution in [3.05, 3.63) is 48.2 Å². The van der Waals surface area contributed by atoms with E-state index in [1.165, 1.54) is 6.33 Å². The molecule has 0 spiro atoms. The van der Waals surface area contributed by atoms with Crippen molar-refractivity contribution >= 4 is 11.0 Å². The van der Waals surface area contributed by atoms with Gasteiger partial charge in [0.1, 0.15) is 23.8 Å². The van der Waals surface area contributed by atoms with Crippen LogP contribution in [0.1, 0.15) is 11.6 Å². The van der Waals surface area contributed by atoms with Crippen LogP contribution in [0.25, 0.3) is 11.0 Å². The summed E-state index contributed by atoms with van der Waals surface area (Å²) >= 11 is 0. The van der Waals surface area contributed by atoms with E-state index in [1.807, 2.05) is 30.3 Å². The molecule has 1 N–H and O–H groups in total. The number of para-hydroxylation sites is 1. The van der Waals surface area contributed by atoms with E-state index in [9.17, 15) is 0 Å². The zero-order chi connectivity index (χ0) is 15.7. The second-order valence-corrected chi connectivity index (χ2v) is 5.52. The van der Waals surface area contributed by atoms with Crippen molar-refractivity contribution in [1.29, 1.82) is 0 Å². The third kappa shape index (κ3) is 2.63. The Kier molecular flexibility index (Phi) is 3.60. The molecule has 7 nitrogen and oxygen atoms in total. The quantitative estimate of drug-likeness (QED) is 0.775. The van der Waals surface area contributed by atoms with Crippen LogP contribution in [0.4, 0.5) is 0 Å². The molecule has 23 heavy (non-hydrogen) atoms. The first-order valence-corrected chi connectivity index (χ1v) is 7.43. The Morgan fingerprint density at radius 2 is 2.30 bits per heavy atom. The highest BCUT2D eigenvalue weighted by Gasteiger charge is 2.47. The molecule has 3 aromatic rings. The van der Waals surface area contributed by atoms with E-state index in [4.69, 9.17) is 18.6 Å². The fraction of sp³-hybridized carbons (Fsp3) is 0.375. The Morgan fingerprint density at radius 1 is 1.39 bits per heavy atom. The number of nitrogens with zero attached hydrogens (tertiary/aromatic N) is 2. The summed E-state index contributed by atoms with van der Waals surface area (Å²) in [6, 6.07) is 9.76. The summed E-state index contributed by atoms with van der Waals surface area (Å²) in [6.07, 6.45) is 1.69. The number of fused-ring (bicyclic) bond motifs is 1. The number of aromatic amines is 1. The van der Waals surface area contributed by atoms with Gasteiger partial charge in [0.15, 0.2) is 5.76 Å². The van der Waals surface area contributed by atoms with Crippen molar-refractivity contribution in [3.63, 3.8) is 0 Å². The van der Waals surface area contributed by atoms with Gasteiger partial charge in [0.05, 0.1) is 19.6 Å². The van der Waals surface area contributed by atoms with Crippen LogP contribution in [0.5, 0.6) is 0 Å². The van der Waals surface area contributed by atoms with E-state index in [1.54, 1.807) is 7.11 Å². The summed E-state index contributed by atoms with van der Waals surface area (Å²) in [5.74, 6) is 0.263. The van der Waals surface area contributed by atoms with Gasteiger partial charge in [0.2, 0.25) is 5.79 Å². The second-order valence-electron chi connectivity index (χ2n) is 5.52. The first-order chi connectivity index (χ1) is 11.3. The van der Waals surface area contributed by atoms with Gasteiger partial charge in [-0.05, 0) is 12.1 Å². The Hall–Kier alpha value is -2.22. The maximum Gasteiger partial charge on any atom is 0.236 e. The number of nitrogens with one attached hydrogen (secondary N) is 1. The van der Waals surface area contributed by atoms with E-state index < -0.39 is 5.79 Å². The van der Waals surface area contributed by atoms with E-state index in [-0.39, 0.29) is 6.10 Å². The average molecular weight is 315 g/mol. The molecule has 4 rings (SSSR count). The topological polar surface area (TPSA) is 82.4 Å². The maximum atomic E-state index is 6.15. The zero-order valence-electron chi connectivity index (χ0n) is 12.7. The van der Waals surface area contributed by atoms with Gasteiger partial charge in [0.25, 0.3) is 0 Å². The van der Waals surface area contributed by atoms with Gasteiger partial charge in [-0.25, -0.2) is 4.98 Å². The number of methoxy groups -OCH3 is 1. The molecule has 1 aliphatic heterocycles. The van der Waals surface area contributed by atoms with Gasteiger partial charge < -0.3 is 18.6 Å². The molecule has 2 aromatic heterocycles. The number of benzene rings is 1. The molecule has 0 amide bonds. The predicted octanol–water partition coefficient (Wildman–Crippen LogP) is 2.01. The fourth-order valence-corrected chi connectivity index (χ4v) is 2.85. The number of hydrogen-bond acceptors (Lipinski definition) is 6. The molecule has 0 radical (unpaired) electrons. The average Bonchev–Trinajstić information content (AvgIpc) is 3.28. The fourth-order valence-electron chi connectivity index (χ4n) is 2.85. The van der Waals surface area contributed by atoms with Crippen molar-refractivity contribution in [2.24, 2.45) is 0 Å². The summed E-state index contributed by atoms with van der Waals surface area (Å²) in [7, 11) is 1.64. The first-order valence-electron chi connectivity index (χ1n) is 7.43. The lowest BCUT2D eigenvalue weighted by Gasteiger charge is -2.24. The first kappa shape index (κ1) is 14.4. The Balaban J connectivity index is 1.72. The number of rotatable bonds is 5. The number of furan rings is 1. The molecular weight excluding hydrogens is 298 g/mol. The summed E-state index contributed by atoms with van der Waals surface area (Å²) in [5.41, 5.74) is 0.793. The Morgan fingerprint density at radius 3 is 3.09 bits per heavy atom. The highest BCUT2D eigenvalue weighted by Crippen LogP contribution is 2.39. The Bertz CT molecular complexity index is 753. The van der Waals surface area contributed by atoms with Gasteiger partial charge in [-0.15, -0.1) is 0 Å². The van der Waals surface area contributed by atoms with E-state index >= 15 is 0 Å². The molecule has 3 heterocycles. The molecule has 1 aromatic carbocycles. The summed E-state index contributed by atoms with van der Waals surface area (Å²) < 4.78 is 23.3. The molecule has 1 fully saturated rings. The third-order valence-electron chi connectivity index (χ3n) is 3.88. The minimum atomic E-state index is -1.03. The van der Waals surface area contributed by atoms with E-state index in [0.29, 0.717) is 31.2 Å². The normalized spacial score (nSPS) is 24.5. The monoisotopic (exact) mass is 315 g/mol. The van der Waals surface area contributed by atoms with Gasteiger partial charge >= 0.3 is 0 Å². The van der Waals surface area contributed by atoms with Crippen LogP contribution in [0.15, 0.2) is 41.1 Å². The minimum absolute atomic E-state index is 0.156. The molecule has 7 heteroatoms. The van der Waals surface area contributed by atoms with Crippen LogP contribution < -0.4 is 0 Å². The molecule has 1 saturated heterocycles. The third-order valence-corrected chi connectivity index (χ3v) is 3.88. The second kappa shape index (κ2) is 5.77. The predicted molar refractivity (Wildman–Crippen MR) is 80.7 cm³/mol.